The van der Waals surface area contributed by atoms with E-state index < -0.39 is 23.7 Å². The molecule has 4 unspecified atom stereocenters. The lowest BCUT2D eigenvalue weighted by molar-refractivity contribution is -0.147. The lowest BCUT2D eigenvalue weighted by Gasteiger charge is -2.46. The number of aliphatic carboxylic acids is 1. The molecule has 0 radical (unpaired) electrons. The van der Waals surface area contributed by atoms with Gasteiger partial charge >= 0.3 is 12.1 Å². The molecular formula is C30H34N6O5. The molecule has 214 valence electrons. The first-order chi connectivity index (χ1) is 19.7. The maximum absolute atomic E-state index is 12.9. The van der Waals surface area contributed by atoms with Crippen molar-refractivity contribution < 1.29 is 24.2 Å². The van der Waals surface area contributed by atoms with Gasteiger partial charge in [-0.15, -0.1) is 10.2 Å². The number of likely N-dealkylation sites (tertiary alicyclic amines) is 1. The number of carboxylic acid groups (broad SMARTS) is 1. The Kier molecular flexibility index (Phi) is 6.88. The largest absolute Gasteiger partial charge is 0.490 e. The number of ether oxygens (including phenoxy) is 2. The van der Waals surface area contributed by atoms with Gasteiger partial charge in [0.1, 0.15) is 17.4 Å². The first-order valence-corrected chi connectivity index (χ1v) is 14.0. The minimum absolute atomic E-state index is 0.110. The summed E-state index contributed by atoms with van der Waals surface area (Å²) in [7, 11) is 0. The number of aromatic amines is 1. The highest BCUT2D eigenvalue weighted by Crippen LogP contribution is 2.42. The van der Waals surface area contributed by atoms with E-state index >= 15 is 0 Å². The number of amides is 1. The van der Waals surface area contributed by atoms with Gasteiger partial charge in [0.05, 0.1) is 17.2 Å². The highest BCUT2D eigenvalue weighted by molar-refractivity contribution is 5.82. The molecule has 11 heteroatoms. The number of carbonyl (C=O) groups is 2. The van der Waals surface area contributed by atoms with E-state index in [0.29, 0.717) is 31.0 Å². The van der Waals surface area contributed by atoms with Gasteiger partial charge in [0.2, 0.25) is 5.82 Å². The Bertz CT molecular complexity index is 1560. The van der Waals surface area contributed by atoms with Crippen molar-refractivity contribution in [3.8, 4) is 22.8 Å². The quantitative estimate of drug-likeness (QED) is 0.347. The highest BCUT2D eigenvalue weighted by atomic mass is 16.6. The van der Waals surface area contributed by atoms with E-state index in [0.717, 1.165) is 35.0 Å². The van der Waals surface area contributed by atoms with Crippen LogP contribution >= 0.6 is 0 Å². The molecule has 2 aromatic carbocycles. The molecule has 2 aliphatic rings. The second kappa shape index (κ2) is 10.5. The van der Waals surface area contributed by atoms with Gasteiger partial charge in [0.15, 0.2) is 0 Å². The zero-order valence-electron chi connectivity index (χ0n) is 23.4. The van der Waals surface area contributed by atoms with Crippen molar-refractivity contribution in [2.45, 2.75) is 64.2 Å². The molecule has 1 saturated carbocycles. The molecule has 11 nitrogen and oxygen atoms in total. The number of tetrazole rings is 1. The number of hydrogen-bond donors (Lipinski definition) is 2. The zero-order chi connectivity index (χ0) is 28.7. The third-order valence-corrected chi connectivity index (χ3v) is 8.06. The molecule has 2 aromatic heterocycles. The maximum Gasteiger partial charge on any atom is 0.411 e. The van der Waals surface area contributed by atoms with Gasteiger partial charge in [-0.05, 0) is 93.2 Å². The van der Waals surface area contributed by atoms with Crippen molar-refractivity contribution in [2.75, 3.05) is 6.54 Å². The summed E-state index contributed by atoms with van der Waals surface area (Å²) < 4.78 is 14.3. The molecule has 0 bridgehead atoms. The van der Waals surface area contributed by atoms with Crippen molar-refractivity contribution in [1.29, 1.82) is 0 Å². The van der Waals surface area contributed by atoms with E-state index in [9.17, 15) is 14.7 Å². The van der Waals surface area contributed by atoms with Crippen molar-refractivity contribution in [3.63, 3.8) is 0 Å². The normalized spacial score (nSPS) is 22.8. The van der Waals surface area contributed by atoms with Gasteiger partial charge in [-0.3, -0.25) is 4.90 Å². The third-order valence-electron chi connectivity index (χ3n) is 8.06. The van der Waals surface area contributed by atoms with E-state index in [1.165, 1.54) is 4.90 Å². The Hall–Kier alpha value is -4.41. The first kappa shape index (κ1) is 26.8. The number of para-hydroxylation sites is 1. The van der Waals surface area contributed by atoms with Crippen LogP contribution in [-0.2, 0) is 9.53 Å². The summed E-state index contributed by atoms with van der Waals surface area (Å²) in [5, 5.41) is 25.7. The molecular weight excluding hydrogens is 524 g/mol. The Labute approximate surface area is 237 Å². The zero-order valence-corrected chi connectivity index (χ0v) is 23.4. The van der Waals surface area contributed by atoms with Crippen LogP contribution in [0.4, 0.5) is 4.79 Å². The minimum atomic E-state index is -1.01. The van der Waals surface area contributed by atoms with Gasteiger partial charge in [-0.25, -0.2) is 9.59 Å². The monoisotopic (exact) mass is 558 g/mol. The summed E-state index contributed by atoms with van der Waals surface area (Å²) in [6, 6.07) is 15.3. The second-order valence-electron chi connectivity index (χ2n) is 12.0. The fourth-order valence-corrected chi connectivity index (χ4v) is 6.18. The predicted molar refractivity (Wildman–Crippen MR) is 151 cm³/mol. The van der Waals surface area contributed by atoms with Crippen molar-refractivity contribution in [1.82, 2.24) is 30.1 Å². The molecule has 1 amide bonds. The molecule has 1 aliphatic heterocycles. The number of carboxylic acids is 1. The van der Waals surface area contributed by atoms with Crippen LogP contribution in [0.3, 0.4) is 0 Å². The first-order valence-electron chi connectivity index (χ1n) is 14.0. The summed E-state index contributed by atoms with van der Waals surface area (Å²) in [5.41, 5.74) is 2.06. The van der Waals surface area contributed by atoms with Crippen LogP contribution in [0.15, 0.2) is 54.7 Å². The summed E-state index contributed by atoms with van der Waals surface area (Å²) in [5.74, 6) is 0.370. The molecule has 2 fully saturated rings. The number of carbonyl (C=O) groups excluding carboxylic acids is 1. The number of H-pyrrole nitrogens is 1. The number of hydrogen-bond acceptors (Lipinski definition) is 7. The molecule has 3 heterocycles. The average Bonchev–Trinajstić information content (AvgIpc) is 3.62. The van der Waals surface area contributed by atoms with Crippen LogP contribution in [0, 0.1) is 11.8 Å². The maximum atomic E-state index is 12.9. The van der Waals surface area contributed by atoms with Crippen LogP contribution in [-0.4, -0.2) is 71.6 Å². The molecule has 41 heavy (non-hydrogen) atoms. The van der Waals surface area contributed by atoms with E-state index in [2.05, 4.69) is 43.4 Å². The standard InChI is InChI=1S/C30H34N6O5/c1-30(2,3)41-29(39)36-17-19-8-10-22(14-20(19)15-25(36)28(37)38)40-26-16-21(9-11-23(26)27-31-33-34-32-27)35-13-12-18-6-4-5-7-24(18)35/h4-7,9,11-13,16,19-20,22,25H,8,10,14-15,17H2,1-3H3,(H,37,38)(H,31,32,33,34). The fourth-order valence-electron chi connectivity index (χ4n) is 6.18. The number of aromatic nitrogens is 5. The van der Waals surface area contributed by atoms with Crippen LogP contribution in [0.2, 0.25) is 0 Å². The van der Waals surface area contributed by atoms with Crippen LogP contribution in [0.5, 0.6) is 5.75 Å². The van der Waals surface area contributed by atoms with Crippen molar-refractivity contribution in [3.05, 3.63) is 54.7 Å². The smallest absolute Gasteiger partial charge is 0.411 e. The molecule has 1 saturated heterocycles. The Morgan fingerprint density at radius 3 is 2.63 bits per heavy atom. The summed E-state index contributed by atoms with van der Waals surface area (Å²) in [6.45, 7) is 5.72. The molecule has 0 spiro atoms. The topological polar surface area (TPSA) is 135 Å². The molecule has 2 N–H and O–H groups in total. The third kappa shape index (κ3) is 5.48. The number of nitrogens with one attached hydrogen (secondary N) is 1. The van der Waals surface area contributed by atoms with Gasteiger partial charge in [-0.2, -0.15) is 5.21 Å². The Morgan fingerprint density at radius 1 is 1.05 bits per heavy atom. The van der Waals surface area contributed by atoms with Crippen LogP contribution in [0.1, 0.15) is 46.5 Å². The van der Waals surface area contributed by atoms with Gasteiger partial charge in [0.25, 0.3) is 0 Å². The minimum Gasteiger partial charge on any atom is -0.490 e. The molecule has 4 aromatic rings. The summed E-state index contributed by atoms with van der Waals surface area (Å²) in [4.78, 5) is 26.5. The molecule has 4 atom stereocenters. The van der Waals surface area contributed by atoms with E-state index in [1.54, 1.807) is 20.8 Å². The predicted octanol–water partition coefficient (Wildman–Crippen LogP) is 5.07. The van der Waals surface area contributed by atoms with E-state index in [4.69, 9.17) is 9.47 Å². The molecule has 1 aliphatic carbocycles. The number of nitrogens with zero attached hydrogens (tertiary/aromatic N) is 5. The number of rotatable bonds is 5. The number of piperidine rings is 1. The highest BCUT2D eigenvalue weighted by Gasteiger charge is 2.45. The van der Waals surface area contributed by atoms with Crippen LogP contribution < -0.4 is 4.74 Å². The summed E-state index contributed by atoms with van der Waals surface area (Å²) in [6.07, 6.45) is 4.00. The van der Waals surface area contributed by atoms with E-state index in [1.807, 2.05) is 36.5 Å². The van der Waals surface area contributed by atoms with Gasteiger partial charge in [0, 0.05) is 24.5 Å². The summed E-state index contributed by atoms with van der Waals surface area (Å²) >= 11 is 0. The van der Waals surface area contributed by atoms with Gasteiger partial charge < -0.3 is 19.1 Å². The Morgan fingerprint density at radius 2 is 1.88 bits per heavy atom. The van der Waals surface area contributed by atoms with E-state index in [-0.39, 0.29) is 17.9 Å². The number of fused-ring (bicyclic) bond motifs is 2. The Balaban J connectivity index is 1.24. The average molecular weight is 559 g/mol. The van der Waals surface area contributed by atoms with Crippen LogP contribution in [0.25, 0.3) is 28.0 Å². The molecule has 6 rings (SSSR count). The lowest BCUT2D eigenvalue weighted by Crippen LogP contribution is -2.56. The second-order valence-corrected chi connectivity index (χ2v) is 12.0. The lowest BCUT2D eigenvalue weighted by atomic mass is 9.72. The van der Waals surface area contributed by atoms with Crippen molar-refractivity contribution >= 4 is 23.0 Å². The van der Waals surface area contributed by atoms with Crippen molar-refractivity contribution in [2.24, 2.45) is 11.8 Å². The SMILES string of the molecule is CC(C)(C)OC(=O)N1CC2CCC(Oc3cc(-n4ccc5ccccc54)ccc3-c3nn[nH]n3)CC2CC1C(=O)O. The fraction of sp³-hybridized carbons (Fsp3) is 0.433. The number of benzene rings is 2. The van der Waals surface area contributed by atoms with Gasteiger partial charge in [-0.1, -0.05) is 18.2 Å².